The van der Waals surface area contributed by atoms with Gasteiger partial charge in [-0.1, -0.05) is 29.8 Å². The summed E-state index contributed by atoms with van der Waals surface area (Å²) in [6.45, 7) is 4.39. The molecule has 2 aromatic carbocycles. The predicted molar refractivity (Wildman–Crippen MR) is 95.3 cm³/mol. The molecule has 1 aliphatic rings. The standard InChI is InChI=1S/C18H20ClN3O/c1-14-13-21(11-12-22(14)17-5-3-2-4-6-17)18(23)20-16-9-7-15(19)8-10-16/h2-10,14H,11-13H2,1H3,(H,20,23). The maximum Gasteiger partial charge on any atom is 0.321 e. The molecule has 0 radical (unpaired) electrons. The van der Waals surface area contributed by atoms with Crippen LogP contribution in [0.5, 0.6) is 0 Å². The highest BCUT2D eigenvalue weighted by Gasteiger charge is 2.26. The number of para-hydroxylation sites is 1. The Kier molecular flexibility index (Phi) is 4.72. The van der Waals surface area contributed by atoms with Crippen LogP contribution in [0.15, 0.2) is 54.6 Å². The lowest BCUT2D eigenvalue weighted by atomic mass is 10.1. The number of hydrogen-bond donors (Lipinski definition) is 1. The molecule has 1 N–H and O–H groups in total. The van der Waals surface area contributed by atoms with Crippen molar-refractivity contribution in [2.24, 2.45) is 0 Å². The Morgan fingerprint density at radius 2 is 1.78 bits per heavy atom. The third kappa shape index (κ3) is 3.77. The second-order valence-electron chi connectivity index (χ2n) is 5.76. The summed E-state index contributed by atoms with van der Waals surface area (Å²) in [5.74, 6) is 0. The van der Waals surface area contributed by atoms with Crippen LogP contribution in [0.2, 0.25) is 5.02 Å². The minimum Gasteiger partial charge on any atom is -0.365 e. The van der Waals surface area contributed by atoms with Crippen LogP contribution in [0.25, 0.3) is 0 Å². The van der Waals surface area contributed by atoms with E-state index in [9.17, 15) is 4.79 Å². The lowest BCUT2D eigenvalue weighted by Crippen LogP contribution is -2.54. The highest BCUT2D eigenvalue weighted by Crippen LogP contribution is 2.21. The van der Waals surface area contributed by atoms with E-state index in [4.69, 9.17) is 11.6 Å². The van der Waals surface area contributed by atoms with E-state index in [-0.39, 0.29) is 12.1 Å². The number of halogens is 1. The molecule has 120 valence electrons. The van der Waals surface area contributed by atoms with Crippen LogP contribution in [-0.4, -0.2) is 36.6 Å². The van der Waals surface area contributed by atoms with Crippen molar-refractivity contribution < 1.29 is 4.79 Å². The van der Waals surface area contributed by atoms with Gasteiger partial charge in [-0.15, -0.1) is 0 Å². The number of hydrogen-bond acceptors (Lipinski definition) is 2. The number of piperazine rings is 1. The van der Waals surface area contributed by atoms with Gasteiger partial charge in [0.15, 0.2) is 0 Å². The number of amides is 2. The van der Waals surface area contributed by atoms with Gasteiger partial charge in [0.2, 0.25) is 0 Å². The molecule has 2 amide bonds. The molecule has 23 heavy (non-hydrogen) atoms. The molecule has 0 bridgehead atoms. The number of benzene rings is 2. The summed E-state index contributed by atoms with van der Waals surface area (Å²) >= 11 is 5.86. The quantitative estimate of drug-likeness (QED) is 0.901. The van der Waals surface area contributed by atoms with Crippen LogP contribution in [0.3, 0.4) is 0 Å². The summed E-state index contributed by atoms with van der Waals surface area (Å²) in [6, 6.07) is 17.7. The molecule has 1 heterocycles. The number of carbonyl (C=O) groups excluding carboxylic acids is 1. The highest BCUT2D eigenvalue weighted by molar-refractivity contribution is 6.30. The van der Waals surface area contributed by atoms with E-state index < -0.39 is 0 Å². The minimum atomic E-state index is -0.0631. The zero-order valence-electron chi connectivity index (χ0n) is 13.1. The second kappa shape index (κ2) is 6.92. The molecule has 1 saturated heterocycles. The fraction of sp³-hybridized carbons (Fsp3) is 0.278. The third-order valence-electron chi connectivity index (χ3n) is 4.10. The Labute approximate surface area is 141 Å². The van der Waals surface area contributed by atoms with Crippen molar-refractivity contribution in [1.82, 2.24) is 4.90 Å². The van der Waals surface area contributed by atoms with Gasteiger partial charge in [-0.3, -0.25) is 0 Å². The maximum atomic E-state index is 12.4. The van der Waals surface area contributed by atoms with Crippen LogP contribution >= 0.6 is 11.6 Å². The first-order valence-corrected chi connectivity index (χ1v) is 8.14. The normalized spacial score (nSPS) is 17.9. The molecule has 3 rings (SSSR count). The SMILES string of the molecule is CC1CN(C(=O)Nc2ccc(Cl)cc2)CCN1c1ccccc1. The Hall–Kier alpha value is -2.20. The Morgan fingerprint density at radius 1 is 1.09 bits per heavy atom. The van der Waals surface area contributed by atoms with E-state index >= 15 is 0 Å². The predicted octanol–water partition coefficient (Wildman–Crippen LogP) is 4.08. The number of urea groups is 1. The van der Waals surface area contributed by atoms with E-state index in [1.165, 1.54) is 5.69 Å². The van der Waals surface area contributed by atoms with Gasteiger partial charge >= 0.3 is 6.03 Å². The topological polar surface area (TPSA) is 35.6 Å². The van der Waals surface area contributed by atoms with Crippen LogP contribution in [0, 0.1) is 0 Å². The fourth-order valence-electron chi connectivity index (χ4n) is 2.88. The molecule has 1 fully saturated rings. The largest absolute Gasteiger partial charge is 0.365 e. The molecule has 1 unspecified atom stereocenters. The first kappa shape index (κ1) is 15.7. The van der Waals surface area contributed by atoms with Gasteiger partial charge in [-0.25, -0.2) is 4.79 Å². The maximum absolute atomic E-state index is 12.4. The Morgan fingerprint density at radius 3 is 2.43 bits per heavy atom. The fourth-order valence-corrected chi connectivity index (χ4v) is 3.01. The van der Waals surface area contributed by atoms with Gasteiger partial charge in [0.25, 0.3) is 0 Å². The number of nitrogens with zero attached hydrogens (tertiary/aromatic N) is 2. The summed E-state index contributed by atoms with van der Waals surface area (Å²) < 4.78 is 0. The van der Waals surface area contributed by atoms with Gasteiger partial charge in [0.1, 0.15) is 0 Å². The van der Waals surface area contributed by atoms with Crippen molar-refractivity contribution in [3.05, 3.63) is 59.6 Å². The van der Waals surface area contributed by atoms with E-state index in [1.807, 2.05) is 35.2 Å². The van der Waals surface area contributed by atoms with Gasteiger partial charge in [-0.2, -0.15) is 0 Å². The molecule has 0 aromatic heterocycles. The monoisotopic (exact) mass is 329 g/mol. The van der Waals surface area contributed by atoms with Crippen molar-refractivity contribution >= 4 is 29.0 Å². The first-order valence-electron chi connectivity index (χ1n) is 7.76. The lowest BCUT2D eigenvalue weighted by Gasteiger charge is -2.41. The number of anilines is 2. The number of carbonyl (C=O) groups is 1. The van der Waals surface area contributed by atoms with Crippen molar-refractivity contribution in [2.45, 2.75) is 13.0 Å². The number of nitrogens with one attached hydrogen (secondary N) is 1. The molecule has 1 atom stereocenters. The average Bonchev–Trinajstić information content (AvgIpc) is 2.57. The minimum absolute atomic E-state index is 0.0631. The van der Waals surface area contributed by atoms with Crippen molar-refractivity contribution in [2.75, 3.05) is 29.9 Å². The summed E-state index contributed by atoms with van der Waals surface area (Å²) in [6.07, 6.45) is 0. The van der Waals surface area contributed by atoms with Crippen molar-refractivity contribution in [3.8, 4) is 0 Å². The van der Waals surface area contributed by atoms with Crippen LogP contribution < -0.4 is 10.2 Å². The molecule has 4 nitrogen and oxygen atoms in total. The first-order chi connectivity index (χ1) is 11.1. The van der Waals surface area contributed by atoms with Gasteiger partial charge < -0.3 is 15.1 Å². The highest BCUT2D eigenvalue weighted by atomic mass is 35.5. The zero-order valence-corrected chi connectivity index (χ0v) is 13.8. The molecule has 0 spiro atoms. The van der Waals surface area contributed by atoms with E-state index in [0.29, 0.717) is 18.1 Å². The third-order valence-corrected chi connectivity index (χ3v) is 4.35. The van der Waals surface area contributed by atoms with Gasteiger partial charge in [0.05, 0.1) is 0 Å². The van der Waals surface area contributed by atoms with Crippen LogP contribution in [0.1, 0.15) is 6.92 Å². The summed E-state index contributed by atoms with van der Waals surface area (Å²) in [5, 5.41) is 3.58. The van der Waals surface area contributed by atoms with E-state index in [0.717, 1.165) is 12.2 Å². The Bertz CT molecular complexity index is 660. The van der Waals surface area contributed by atoms with Gasteiger partial charge in [-0.05, 0) is 43.3 Å². The Balaban J connectivity index is 1.61. The number of rotatable bonds is 2. The molecular formula is C18H20ClN3O. The smallest absolute Gasteiger partial charge is 0.321 e. The molecule has 0 aliphatic carbocycles. The summed E-state index contributed by atoms with van der Waals surface area (Å²) in [7, 11) is 0. The molecule has 5 heteroatoms. The molecule has 2 aromatic rings. The van der Waals surface area contributed by atoms with E-state index in [2.05, 4.69) is 29.3 Å². The molecular weight excluding hydrogens is 310 g/mol. The van der Waals surface area contributed by atoms with E-state index in [1.54, 1.807) is 12.1 Å². The van der Waals surface area contributed by atoms with Crippen molar-refractivity contribution in [1.29, 1.82) is 0 Å². The van der Waals surface area contributed by atoms with Crippen LogP contribution in [0.4, 0.5) is 16.2 Å². The van der Waals surface area contributed by atoms with Gasteiger partial charge in [0, 0.05) is 42.1 Å². The summed E-state index contributed by atoms with van der Waals surface area (Å²) in [5.41, 5.74) is 1.97. The molecule has 1 aliphatic heterocycles. The second-order valence-corrected chi connectivity index (χ2v) is 6.20. The lowest BCUT2D eigenvalue weighted by molar-refractivity contribution is 0.200. The summed E-state index contributed by atoms with van der Waals surface area (Å²) in [4.78, 5) is 16.6. The van der Waals surface area contributed by atoms with Crippen molar-refractivity contribution in [3.63, 3.8) is 0 Å². The zero-order chi connectivity index (χ0) is 16.2. The van der Waals surface area contributed by atoms with Crippen LogP contribution in [-0.2, 0) is 0 Å². The average molecular weight is 330 g/mol. The molecule has 0 saturated carbocycles.